The molecule has 1 rings (SSSR count). The number of carbonyl (C=O) groups is 1. The quantitative estimate of drug-likeness (QED) is 0.506. The molecule has 1 atom stereocenters. The molecular weight excluding hydrogens is 272 g/mol. The predicted octanol–water partition coefficient (Wildman–Crippen LogP) is 5.27. The molecule has 1 aromatic carbocycles. The number of ether oxygens (including phenoxy) is 1. The number of allylic oxidation sites excluding steroid dienone is 2. The van der Waals surface area contributed by atoms with Crippen LogP contribution in [0.25, 0.3) is 0 Å². The van der Waals surface area contributed by atoms with Crippen molar-refractivity contribution in [3.63, 3.8) is 0 Å². The minimum Gasteiger partial charge on any atom is -0.462 e. The van der Waals surface area contributed by atoms with Crippen molar-refractivity contribution in [3.05, 3.63) is 46.5 Å². The Morgan fingerprint density at radius 1 is 1.35 bits per heavy atom. The second-order valence-corrected chi connectivity index (χ2v) is 5.84. The van der Waals surface area contributed by atoms with E-state index in [9.17, 15) is 4.79 Å². The Labute approximate surface area is 126 Å². The molecule has 0 radical (unpaired) electrons. The maximum Gasteiger partial charge on any atom is 0.338 e. The average Bonchev–Trinajstić information content (AvgIpc) is 2.38. The molecule has 0 spiro atoms. The lowest BCUT2D eigenvalue weighted by atomic mass is 10.0. The highest BCUT2D eigenvalue weighted by Crippen LogP contribution is 2.14. The Balaban J connectivity index is 2.26. The summed E-state index contributed by atoms with van der Waals surface area (Å²) in [6.45, 7) is 6.86. The topological polar surface area (TPSA) is 26.3 Å². The molecule has 0 saturated heterocycles. The van der Waals surface area contributed by atoms with Crippen LogP contribution in [0.2, 0.25) is 5.02 Å². The molecule has 0 bridgehead atoms. The zero-order valence-corrected chi connectivity index (χ0v) is 13.2. The largest absolute Gasteiger partial charge is 0.462 e. The monoisotopic (exact) mass is 294 g/mol. The maximum absolute atomic E-state index is 11.8. The van der Waals surface area contributed by atoms with Crippen LogP contribution in [0.1, 0.15) is 50.4 Å². The van der Waals surface area contributed by atoms with Gasteiger partial charge in [-0.3, -0.25) is 0 Å². The van der Waals surface area contributed by atoms with Gasteiger partial charge in [-0.15, -0.1) is 0 Å². The van der Waals surface area contributed by atoms with Crippen molar-refractivity contribution in [3.8, 4) is 0 Å². The van der Waals surface area contributed by atoms with Gasteiger partial charge in [0.15, 0.2) is 0 Å². The first kappa shape index (κ1) is 16.8. The van der Waals surface area contributed by atoms with E-state index < -0.39 is 0 Å². The van der Waals surface area contributed by atoms with Gasteiger partial charge in [-0.2, -0.15) is 0 Å². The van der Waals surface area contributed by atoms with E-state index in [0.29, 0.717) is 23.1 Å². The fourth-order valence-corrected chi connectivity index (χ4v) is 2.04. The van der Waals surface area contributed by atoms with Crippen molar-refractivity contribution in [2.24, 2.45) is 5.92 Å². The van der Waals surface area contributed by atoms with Gasteiger partial charge in [0.05, 0.1) is 12.2 Å². The Kier molecular flexibility index (Phi) is 7.38. The molecule has 0 amide bonds. The number of halogens is 1. The molecule has 0 fully saturated rings. The van der Waals surface area contributed by atoms with Crippen molar-refractivity contribution < 1.29 is 9.53 Å². The first-order valence-corrected chi connectivity index (χ1v) is 7.43. The van der Waals surface area contributed by atoms with Crippen LogP contribution in [0.5, 0.6) is 0 Å². The lowest BCUT2D eigenvalue weighted by Gasteiger charge is -2.10. The number of hydrogen-bond donors (Lipinski definition) is 0. The second kappa shape index (κ2) is 8.80. The van der Waals surface area contributed by atoms with Crippen LogP contribution in [-0.2, 0) is 4.74 Å². The number of esters is 1. The average molecular weight is 295 g/mol. The third kappa shape index (κ3) is 6.76. The SMILES string of the molecule is CC(C)=CCCC(C)CCOC(=O)c1cccc(Cl)c1. The molecule has 0 saturated carbocycles. The second-order valence-electron chi connectivity index (χ2n) is 5.40. The molecule has 110 valence electrons. The lowest BCUT2D eigenvalue weighted by molar-refractivity contribution is 0.0484. The molecule has 0 aliphatic rings. The normalized spacial score (nSPS) is 11.8. The molecule has 1 aromatic rings. The van der Waals surface area contributed by atoms with E-state index >= 15 is 0 Å². The van der Waals surface area contributed by atoms with E-state index in [2.05, 4.69) is 26.8 Å². The first-order valence-electron chi connectivity index (χ1n) is 7.05. The number of hydrogen-bond acceptors (Lipinski definition) is 2. The lowest BCUT2D eigenvalue weighted by Crippen LogP contribution is -2.09. The third-order valence-corrected chi connectivity index (χ3v) is 3.35. The standard InChI is InChI=1S/C17H23ClO2/c1-13(2)6-4-7-14(3)10-11-20-17(19)15-8-5-9-16(18)12-15/h5-6,8-9,12,14H,4,7,10-11H2,1-3H3. The van der Waals surface area contributed by atoms with Gasteiger partial charge < -0.3 is 4.74 Å². The maximum atomic E-state index is 11.8. The zero-order valence-electron chi connectivity index (χ0n) is 12.5. The molecule has 20 heavy (non-hydrogen) atoms. The Morgan fingerprint density at radius 3 is 2.75 bits per heavy atom. The highest BCUT2D eigenvalue weighted by Gasteiger charge is 2.08. The van der Waals surface area contributed by atoms with Gasteiger partial charge in [0.2, 0.25) is 0 Å². The molecule has 3 heteroatoms. The fraction of sp³-hybridized carbons (Fsp3) is 0.471. The van der Waals surface area contributed by atoms with Crippen molar-refractivity contribution in [2.75, 3.05) is 6.61 Å². The van der Waals surface area contributed by atoms with Gasteiger partial charge in [-0.1, -0.05) is 36.2 Å². The van der Waals surface area contributed by atoms with Gasteiger partial charge in [0, 0.05) is 5.02 Å². The molecule has 0 heterocycles. The fourth-order valence-electron chi connectivity index (χ4n) is 1.85. The van der Waals surface area contributed by atoms with Crippen LogP contribution >= 0.6 is 11.6 Å². The van der Waals surface area contributed by atoms with Crippen LogP contribution in [0.3, 0.4) is 0 Å². The molecule has 0 aliphatic heterocycles. The van der Waals surface area contributed by atoms with Crippen molar-refractivity contribution in [1.82, 2.24) is 0 Å². The van der Waals surface area contributed by atoms with Crippen LogP contribution in [0, 0.1) is 5.92 Å². The minimum absolute atomic E-state index is 0.302. The van der Waals surface area contributed by atoms with Crippen molar-refractivity contribution in [2.45, 2.75) is 40.0 Å². The first-order chi connectivity index (χ1) is 9.49. The van der Waals surface area contributed by atoms with Crippen molar-refractivity contribution in [1.29, 1.82) is 0 Å². The minimum atomic E-state index is -0.302. The Hall–Kier alpha value is -1.28. The summed E-state index contributed by atoms with van der Waals surface area (Å²) in [5.41, 5.74) is 1.86. The van der Waals surface area contributed by atoms with Crippen LogP contribution in [0.4, 0.5) is 0 Å². The Morgan fingerprint density at radius 2 is 2.10 bits per heavy atom. The molecule has 0 aliphatic carbocycles. The van der Waals surface area contributed by atoms with Gasteiger partial charge >= 0.3 is 5.97 Å². The van der Waals surface area contributed by atoms with E-state index in [0.717, 1.165) is 19.3 Å². The summed E-state index contributed by atoms with van der Waals surface area (Å²) in [6, 6.07) is 6.83. The van der Waals surface area contributed by atoms with Gasteiger partial charge in [-0.05, 0) is 57.2 Å². The summed E-state index contributed by atoms with van der Waals surface area (Å²) in [7, 11) is 0. The van der Waals surface area contributed by atoms with E-state index in [4.69, 9.17) is 16.3 Å². The number of rotatable bonds is 7. The van der Waals surface area contributed by atoms with Gasteiger partial charge in [0.1, 0.15) is 0 Å². The summed E-state index contributed by atoms with van der Waals surface area (Å²) in [5.74, 6) is 0.252. The van der Waals surface area contributed by atoms with E-state index in [-0.39, 0.29) is 5.97 Å². The van der Waals surface area contributed by atoms with Crippen LogP contribution in [0.15, 0.2) is 35.9 Å². The van der Waals surface area contributed by atoms with Gasteiger partial charge in [0.25, 0.3) is 0 Å². The predicted molar refractivity (Wildman–Crippen MR) is 84.2 cm³/mol. The summed E-state index contributed by atoms with van der Waals surface area (Å²) in [6.07, 6.45) is 5.35. The third-order valence-electron chi connectivity index (χ3n) is 3.12. The molecule has 1 unspecified atom stereocenters. The summed E-state index contributed by atoms with van der Waals surface area (Å²) < 4.78 is 5.27. The smallest absolute Gasteiger partial charge is 0.338 e. The van der Waals surface area contributed by atoms with Gasteiger partial charge in [-0.25, -0.2) is 4.79 Å². The van der Waals surface area contributed by atoms with Crippen LogP contribution in [-0.4, -0.2) is 12.6 Å². The Bertz CT molecular complexity index is 462. The molecular formula is C17H23ClO2. The molecule has 0 N–H and O–H groups in total. The number of benzene rings is 1. The van der Waals surface area contributed by atoms with Crippen LogP contribution < -0.4 is 0 Å². The van der Waals surface area contributed by atoms with E-state index in [1.165, 1.54) is 5.57 Å². The van der Waals surface area contributed by atoms with E-state index in [1.54, 1.807) is 24.3 Å². The van der Waals surface area contributed by atoms with E-state index in [1.807, 2.05) is 0 Å². The molecule has 0 aromatic heterocycles. The highest BCUT2D eigenvalue weighted by molar-refractivity contribution is 6.30. The summed E-state index contributed by atoms with van der Waals surface area (Å²) in [4.78, 5) is 11.8. The van der Waals surface area contributed by atoms with Crippen molar-refractivity contribution >= 4 is 17.6 Å². The summed E-state index contributed by atoms with van der Waals surface area (Å²) in [5, 5.41) is 0.551. The zero-order chi connectivity index (χ0) is 15.0. The highest BCUT2D eigenvalue weighted by atomic mass is 35.5. The molecule has 2 nitrogen and oxygen atoms in total. The number of carbonyl (C=O) groups excluding carboxylic acids is 1. The summed E-state index contributed by atoms with van der Waals surface area (Å²) >= 11 is 5.84.